The highest BCUT2D eigenvalue weighted by molar-refractivity contribution is 6.62. The Balaban J connectivity index is 2.21. The van der Waals surface area contributed by atoms with Gasteiger partial charge in [0.1, 0.15) is 0 Å². The van der Waals surface area contributed by atoms with Gasteiger partial charge in [-0.2, -0.15) is 0 Å². The Labute approximate surface area is 125 Å². The highest BCUT2D eigenvalue weighted by atomic mass is 16.7. The molecular weight excluding hydrogens is 269 g/mol. The predicted molar refractivity (Wildman–Crippen MR) is 81.7 cm³/mol. The summed E-state index contributed by atoms with van der Waals surface area (Å²) in [6.07, 6.45) is -1.04. The number of carboxylic acid groups (broad SMARTS) is 1. The Hall–Kier alpha value is -1.53. The quantitative estimate of drug-likeness (QED) is 0.839. The summed E-state index contributed by atoms with van der Waals surface area (Å²) in [5, 5.41) is 11.2. The van der Waals surface area contributed by atoms with E-state index in [4.69, 9.17) is 14.4 Å². The van der Waals surface area contributed by atoms with Gasteiger partial charge in [0.25, 0.3) is 0 Å². The SMILES string of the molecule is C[C@@H](NC(=O)O)c1cccc(B2OC(C)(C)C(C)(C)O2)c1. The summed E-state index contributed by atoms with van der Waals surface area (Å²) in [5.74, 6) is 0. The van der Waals surface area contributed by atoms with Gasteiger partial charge in [-0.25, -0.2) is 4.79 Å². The number of rotatable bonds is 3. The molecule has 0 bridgehead atoms. The minimum atomic E-state index is -1.04. The molecule has 1 fully saturated rings. The molecule has 21 heavy (non-hydrogen) atoms. The lowest BCUT2D eigenvalue weighted by Crippen LogP contribution is -2.41. The van der Waals surface area contributed by atoms with Crippen molar-refractivity contribution in [1.82, 2.24) is 5.32 Å². The highest BCUT2D eigenvalue weighted by Gasteiger charge is 2.51. The highest BCUT2D eigenvalue weighted by Crippen LogP contribution is 2.36. The summed E-state index contributed by atoms with van der Waals surface area (Å²) in [5.41, 5.74) is 0.992. The van der Waals surface area contributed by atoms with Gasteiger partial charge in [0, 0.05) is 0 Å². The molecule has 0 saturated carbocycles. The summed E-state index contributed by atoms with van der Waals surface area (Å²) < 4.78 is 12.0. The molecule has 1 aromatic carbocycles. The lowest BCUT2D eigenvalue weighted by molar-refractivity contribution is 0.00578. The molecule has 1 amide bonds. The molecule has 0 unspecified atom stereocenters. The van der Waals surface area contributed by atoms with E-state index >= 15 is 0 Å². The van der Waals surface area contributed by atoms with E-state index in [1.165, 1.54) is 0 Å². The molecule has 0 radical (unpaired) electrons. The third kappa shape index (κ3) is 3.22. The first-order chi connectivity index (χ1) is 9.62. The van der Waals surface area contributed by atoms with Crippen LogP contribution in [-0.4, -0.2) is 29.5 Å². The van der Waals surface area contributed by atoms with Gasteiger partial charge < -0.3 is 19.7 Å². The molecule has 0 aromatic heterocycles. The van der Waals surface area contributed by atoms with Gasteiger partial charge in [0.2, 0.25) is 0 Å². The maximum Gasteiger partial charge on any atom is 0.494 e. The lowest BCUT2D eigenvalue weighted by Gasteiger charge is -2.32. The van der Waals surface area contributed by atoms with E-state index in [1.807, 2.05) is 52.0 Å². The molecular formula is C15H22BNO4. The maximum atomic E-state index is 10.7. The van der Waals surface area contributed by atoms with Crippen LogP contribution in [-0.2, 0) is 9.31 Å². The maximum absolute atomic E-state index is 10.7. The molecule has 0 aliphatic carbocycles. The van der Waals surface area contributed by atoms with E-state index in [2.05, 4.69) is 5.32 Å². The van der Waals surface area contributed by atoms with Crippen molar-refractivity contribution in [3.8, 4) is 0 Å². The normalized spacial score (nSPS) is 21.1. The van der Waals surface area contributed by atoms with Crippen molar-refractivity contribution >= 4 is 18.7 Å². The molecule has 1 atom stereocenters. The smallest absolute Gasteiger partial charge is 0.465 e. The summed E-state index contributed by atoms with van der Waals surface area (Å²) in [7, 11) is -0.438. The van der Waals surface area contributed by atoms with Crippen LogP contribution in [0.25, 0.3) is 0 Å². The summed E-state index contributed by atoms with van der Waals surface area (Å²) in [6.45, 7) is 9.82. The first kappa shape index (κ1) is 15.9. The number of benzene rings is 1. The molecule has 1 aliphatic heterocycles. The second-order valence-corrected chi connectivity index (χ2v) is 6.43. The van der Waals surface area contributed by atoms with Gasteiger partial charge in [0.05, 0.1) is 17.2 Å². The van der Waals surface area contributed by atoms with Gasteiger partial charge in [-0.1, -0.05) is 24.3 Å². The van der Waals surface area contributed by atoms with Crippen molar-refractivity contribution < 1.29 is 19.2 Å². The number of nitrogens with one attached hydrogen (secondary N) is 1. The van der Waals surface area contributed by atoms with E-state index in [0.29, 0.717) is 0 Å². The van der Waals surface area contributed by atoms with Crippen molar-refractivity contribution in [2.75, 3.05) is 0 Å². The molecule has 1 aliphatic rings. The third-order valence-electron chi connectivity index (χ3n) is 4.28. The summed E-state index contributed by atoms with van der Waals surface area (Å²) in [4.78, 5) is 10.7. The van der Waals surface area contributed by atoms with Crippen molar-refractivity contribution in [3.05, 3.63) is 29.8 Å². The standard InChI is InChI=1S/C15H22BNO4/c1-10(17-13(18)19)11-7-6-8-12(9-11)16-20-14(2,3)15(4,5)21-16/h6-10,17H,1-5H3,(H,18,19)/t10-/m1/s1. The molecule has 1 saturated heterocycles. The van der Waals surface area contributed by atoms with Crippen LogP contribution in [0, 0.1) is 0 Å². The second-order valence-electron chi connectivity index (χ2n) is 6.43. The number of hydrogen-bond donors (Lipinski definition) is 2. The summed E-state index contributed by atoms with van der Waals surface area (Å²) in [6, 6.07) is 7.33. The minimum Gasteiger partial charge on any atom is -0.465 e. The van der Waals surface area contributed by atoms with E-state index in [0.717, 1.165) is 11.0 Å². The summed E-state index contributed by atoms with van der Waals surface area (Å²) >= 11 is 0. The fourth-order valence-corrected chi connectivity index (χ4v) is 2.22. The van der Waals surface area contributed by atoms with E-state index in [-0.39, 0.29) is 6.04 Å². The van der Waals surface area contributed by atoms with E-state index < -0.39 is 24.4 Å². The van der Waals surface area contributed by atoms with Crippen molar-refractivity contribution in [3.63, 3.8) is 0 Å². The van der Waals surface area contributed by atoms with Crippen LogP contribution < -0.4 is 10.8 Å². The van der Waals surface area contributed by atoms with Gasteiger partial charge in [-0.05, 0) is 45.6 Å². The van der Waals surface area contributed by atoms with Crippen molar-refractivity contribution in [1.29, 1.82) is 0 Å². The van der Waals surface area contributed by atoms with Crippen molar-refractivity contribution in [2.45, 2.75) is 51.9 Å². The molecule has 1 aromatic rings. The van der Waals surface area contributed by atoms with Crippen LogP contribution in [0.1, 0.15) is 46.2 Å². The Kier molecular flexibility index (Phi) is 4.04. The van der Waals surface area contributed by atoms with E-state index in [1.54, 1.807) is 6.92 Å². The second kappa shape index (κ2) is 5.35. The number of hydrogen-bond acceptors (Lipinski definition) is 3. The first-order valence-electron chi connectivity index (χ1n) is 7.07. The average Bonchev–Trinajstić information content (AvgIpc) is 2.58. The zero-order valence-electron chi connectivity index (χ0n) is 13.1. The monoisotopic (exact) mass is 291 g/mol. The Morgan fingerprint density at radius 3 is 2.33 bits per heavy atom. The fourth-order valence-electron chi connectivity index (χ4n) is 2.22. The van der Waals surface area contributed by atoms with E-state index in [9.17, 15) is 4.79 Å². The molecule has 2 N–H and O–H groups in total. The minimum absolute atomic E-state index is 0.287. The Morgan fingerprint density at radius 2 is 1.81 bits per heavy atom. The van der Waals surface area contributed by atoms with Crippen LogP contribution in [0.15, 0.2) is 24.3 Å². The van der Waals surface area contributed by atoms with Gasteiger partial charge >= 0.3 is 13.2 Å². The molecule has 1 heterocycles. The largest absolute Gasteiger partial charge is 0.494 e. The van der Waals surface area contributed by atoms with Crippen LogP contribution in [0.5, 0.6) is 0 Å². The topological polar surface area (TPSA) is 67.8 Å². The lowest BCUT2D eigenvalue weighted by atomic mass is 9.78. The van der Waals surface area contributed by atoms with Crippen LogP contribution in [0.3, 0.4) is 0 Å². The van der Waals surface area contributed by atoms with Crippen LogP contribution in [0.2, 0.25) is 0 Å². The van der Waals surface area contributed by atoms with Gasteiger partial charge in [0.15, 0.2) is 0 Å². The van der Waals surface area contributed by atoms with Crippen LogP contribution in [0.4, 0.5) is 4.79 Å². The molecule has 5 nitrogen and oxygen atoms in total. The molecule has 0 spiro atoms. The van der Waals surface area contributed by atoms with Crippen LogP contribution >= 0.6 is 0 Å². The third-order valence-corrected chi connectivity index (χ3v) is 4.28. The molecule has 114 valence electrons. The van der Waals surface area contributed by atoms with Gasteiger partial charge in [-0.15, -0.1) is 0 Å². The molecule has 2 rings (SSSR count). The average molecular weight is 291 g/mol. The Morgan fingerprint density at radius 1 is 1.24 bits per heavy atom. The number of carbonyl (C=O) groups is 1. The first-order valence-corrected chi connectivity index (χ1v) is 7.07. The van der Waals surface area contributed by atoms with Crippen molar-refractivity contribution in [2.24, 2.45) is 0 Å². The predicted octanol–water partition coefficient (Wildman–Crippen LogP) is 2.31. The Bertz CT molecular complexity index is 528. The van der Waals surface area contributed by atoms with Gasteiger partial charge in [-0.3, -0.25) is 0 Å². The zero-order chi connectivity index (χ0) is 15.8. The molecule has 6 heteroatoms. The fraction of sp³-hybridized carbons (Fsp3) is 0.533. The zero-order valence-corrected chi connectivity index (χ0v) is 13.1. The number of amides is 1.